The second kappa shape index (κ2) is 3.87. The molecule has 2 rings (SSSR count). The molecule has 1 atom stereocenters. The van der Waals surface area contributed by atoms with Crippen LogP contribution >= 0.6 is 0 Å². The van der Waals surface area contributed by atoms with Crippen LogP contribution in [-0.4, -0.2) is 39.0 Å². The van der Waals surface area contributed by atoms with E-state index in [2.05, 4.69) is 0 Å². The van der Waals surface area contributed by atoms with Gasteiger partial charge in [0.15, 0.2) is 0 Å². The van der Waals surface area contributed by atoms with Crippen LogP contribution in [0.5, 0.6) is 0 Å². The Balaban J connectivity index is 2.04. The smallest absolute Gasteiger partial charge is 0.312 e. The van der Waals surface area contributed by atoms with Crippen LogP contribution in [-0.2, 0) is 19.0 Å². The van der Waals surface area contributed by atoms with E-state index in [1.165, 1.54) is 7.11 Å². The lowest BCUT2D eigenvalue weighted by Crippen LogP contribution is -2.39. The minimum Gasteiger partial charge on any atom is -0.469 e. The van der Waals surface area contributed by atoms with Crippen LogP contribution in [0.3, 0.4) is 0 Å². The number of hydrogen-bond donors (Lipinski definition) is 0. The maximum atomic E-state index is 11.7. The molecule has 0 spiro atoms. The van der Waals surface area contributed by atoms with Gasteiger partial charge in [0.2, 0.25) is 0 Å². The molecule has 0 amide bonds. The number of ether oxygens (including phenoxy) is 3. The van der Waals surface area contributed by atoms with Gasteiger partial charge >= 0.3 is 5.97 Å². The molecule has 2 saturated heterocycles. The molecule has 0 aromatic rings. The molecule has 2 heterocycles. The number of rotatable bonds is 3. The van der Waals surface area contributed by atoms with Gasteiger partial charge in [-0.25, -0.2) is 0 Å². The number of methoxy groups -OCH3 is 1. The van der Waals surface area contributed by atoms with Crippen LogP contribution in [0.2, 0.25) is 0 Å². The summed E-state index contributed by atoms with van der Waals surface area (Å²) < 4.78 is 15.3. The molecule has 0 saturated carbocycles. The maximum Gasteiger partial charge on any atom is 0.312 e. The minimum atomic E-state index is -0.339. The highest BCUT2D eigenvalue weighted by molar-refractivity contribution is 5.77. The molecular weight excluding hydrogens is 184 g/mol. The maximum absolute atomic E-state index is 11.7. The number of epoxide rings is 1. The first-order valence-corrected chi connectivity index (χ1v) is 5.05. The van der Waals surface area contributed by atoms with Crippen molar-refractivity contribution in [3.63, 3.8) is 0 Å². The summed E-state index contributed by atoms with van der Waals surface area (Å²) in [6, 6.07) is 0. The van der Waals surface area contributed by atoms with Crippen molar-refractivity contribution >= 4 is 5.97 Å². The van der Waals surface area contributed by atoms with Gasteiger partial charge in [0.1, 0.15) is 0 Å². The summed E-state index contributed by atoms with van der Waals surface area (Å²) in [4.78, 5) is 11.7. The van der Waals surface area contributed by atoms with E-state index < -0.39 is 0 Å². The fourth-order valence-electron chi connectivity index (χ4n) is 2.09. The van der Waals surface area contributed by atoms with Crippen molar-refractivity contribution < 1.29 is 19.0 Å². The molecule has 0 unspecified atom stereocenters. The predicted molar refractivity (Wildman–Crippen MR) is 48.9 cm³/mol. The zero-order valence-electron chi connectivity index (χ0n) is 8.45. The van der Waals surface area contributed by atoms with Gasteiger partial charge in [-0.05, 0) is 19.3 Å². The van der Waals surface area contributed by atoms with Crippen LogP contribution in [0.25, 0.3) is 0 Å². The van der Waals surface area contributed by atoms with Crippen molar-refractivity contribution in [1.82, 2.24) is 0 Å². The molecule has 2 aliphatic heterocycles. The molecule has 0 aromatic carbocycles. The zero-order valence-corrected chi connectivity index (χ0v) is 8.45. The van der Waals surface area contributed by atoms with Crippen molar-refractivity contribution in [2.45, 2.75) is 25.4 Å². The second-order valence-corrected chi connectivity index (χ2v) is 4.04. The summed E-state index contributed by atoms with van der Waals surface area (Å²) >= 11 is 0. The van der Waals surface area contributed by atoms with Gasteiger partial charge in [-0.15, -0.1) is 0 Å². The minimum absolute atomic E-state index is 0.101. The predicted octanol–water partition coefficient (Wildman–Crippen LogP) is 0.745. The molecule has 0 bridgehead atoms. The van der Waals surface area contributed by atoms with Gasteiger partial charge in [-0.3, -0.25) is 4.79 Å². The van der Waals surface area contributed by atoms with Gasteiger partial charge in [-0.1, -0.05) is 0 Å². The van der Waals surface area contributed by atoms with Crippen LogP contribution in [0.4, 0.5) is 0 Å². The Morgan fingerprint density at radius 3 is 2.64 bits per heavy atom. The average Bonchev–Trinajstić information content (AvgIpc) is 3.02. The van der Waals surface area contributed by atoms with Crippen LogP contribution in [0.1, 0.15) is 19.3 Å². The van der Waals surface area contributed by atoms with Gasteiger partial charge in [0.05, 0.1) is 25.2 Å². The number of hydrogen-bond acceptors (Lipinski definition) is 4. The average molecular weight is 200 g/mol. The van der Waals surface area contributed by atoms with Gasteiger partial charge in [-0.2, -0.15) is 0 Å². The summed E-state index contributed by atoms with van der Waals surface area (Å²) in [6.07, 6.45) is 2.59. The molecule has 0 N–H and O–H groups in total. The lowest BCUT2D eigenvalue weighted by atomic mass is 9.76. The van der Waals surface area contributed by atoms with Crippen molar-refractivity contribution in [3.8, 4) is 0 Å². The normalized spacial score (nSPS) is 29.6. The number of esters is 1. The molecular formula is C10H16O4. The van der Waals surface area contributed by atoms with Crippen molar-refractivity contribution in [1.29, 1.82) is 0 Å². The van der Waals surface area contributed by atoms with E-state index in [1.54, 1.807) is 0 Å². The largest absolute Gasteiger partial charge is 0.469 e. The fraction of sp³-hybridized carbons (Fsp3) is 0.900. The molecule has 0 aromatic heterocycles. The highest BCUT2D eigenvalue weighted by Gasteiger charge is 2.45. The quantitative estimate of drug-likeness (QED) is 0.498. The molecule has 4 nitrogen and oxygen atoms in total. The highest BCUT2D eigenvalue weighted by Crippen LogP contribution is 2.39. The summed E-state index contributed by atoms with van der Waals surface area (Å²) in [5.41, 5.74) is -0.339. The molecule has 0 aliphatic carbocycles. The second-order valence-electron chi connectivity index (χ2n) is 4.04. The molecule has 2 fully saturated rings. The van der Waals surface area contributed by atoms with E-state index >= 15 is 0 Å². The lowest BCUT2D eigenvalue weighted by Gasteiger charge is -2.33. The van der Waals surface area contributed by atoms with Gasteiger partial charge in [0.25, 0.3) is 0 Å². The van der Waals surface area contributed by atoms with Crippen molar-refractivity contribution in [2.24, 2.45) is 5.41 Å². The van der Waals surface area contributed by atoms with E-state index in [0.29, 0.717) is 13.2 Å². The Hall–Kier alpha value is -0.610. The fourth-order valence-corrected chi connectivity index (χ4v) is 2.09. The third kappa shape index (κ3) is 1.91. The summed E-state index contributed by atoms with van der Waals surface area (Å²) in [7, 11) is 1.45. The summed E-state index contributed by atoms with van der Waals surface area (Å²) in [5, 5.41) is 0. The number of carbonyl (C=O) groups excluding carboxylic acids is 1. The molecule has 0 radical (unpaired) electrons. The monoisotopic (exact) mass is 200 g/mol. The topological polar surface area (TPSA) is 48.1 Å². The number of carbonyl (C=O) groups is 1. The Morgan fingerprint density at radius 1 is 1.50 bits per heavy atom. The van der Waals surface area contributed by atoms with E-state index in [4.69, 9.17) is 14.2 Å². The first kappa shape index (κ1) is 9.93. The Bertz CT molecular complexity index is 216. The third-order valence-electron chi connectivity index (χ3n) is 3.09. The molecule has 2 aliphatic rings. The summed E-state index contributed by atoms with van der Waals surface area (Å²) in [5.74, 6) is -0.101. The molecule has 14 heavy (non-hydrogen) atoms. The SMILES string of the molecule is COC(=O)C1(C[C@H]2CO2)CCOCC1. The van der Waals surface area contributed by atoms with Gasteiger partial charge in [0, 0.05) is 13.2 Å². The van der Waals surface area contributed by atoms with Crippen LogP contribution < -0.4 is 0 Å². The van der Waals surface area contributed by atoms with Crippen LogP contribution in [0.15, 0.2) is 0 Å². The first-order valence-electron chi connectivity index (χ1n) is 5.05. The zero-order chi connectivity index (χ0) is 10.0. The third-order valence-corrected chi connectivity index (χ3v) is 3.09. The Kier molecular flexibility index (Phi) is 2.74. The van der Waals surface area contributed by atoms with E-state index in [0.717, 1.165) is 25.9 Å². The highest BCUT2D eigenvalue weighted by atomic mass is 16.6. The summed E-state index contributed by atoms with van der Waals surface area (Å²) in [6.45, 7) is 2.10. The van der Waals surface area contributed by atoms with E-state index in [9.17, 15) is 4.79 Å². The van der Waals surface area contributed by atoms with Crippen molar-refractivity contribution in [3.05, 3.63) is 0 Å². The lowest BCUT2D eigenvalue weighted by molar-refractivity contribution is -0.159. The molecule has 4 heteroatoms. The van der Waals surface area contributed by atoms with E-state index in [-0.39, 0.29) is 17.5 Å². The first-order chi connectivity index (χ1) is 6.77. The van der Waals surface area contributed by atoms with Crippen molar-refractivity contribution in [2.75, 3.05) is 26.9 Å². The standard InChI is InChI=1S/C10H16O4/c1-12-9(11)10(6-8-7-14-8)2-4-13-5-3-10/h8H,2-7H2,1H3/t8-/m0/s1. The van der Waals surface area contributed by atoms with E-state index in [1.807, 2.05) is 0 Å². The Morgan fingerprint density at radius 2 is 2.14 bits per heavy atom. The Labute approximate surface area is 83.5 Å². The van der Waals surface area contributed by atoms with Gasteiger partial charge < -0.3 is 14.2 Å². The van der Waals surface area contributed by atoms with Crippen LogP contribution in [0, 0.1) is 5.41 Å². The molecule has 80 valence electrons.